The number of esters is 1. The molecule has 0 spiro atoms. The lowest BCUT2D eigenvalue weighted by molar-refractivity contribution is -0.119. The fourth-order valence-electron chi connectivity index (χ4n) is 3.04. The number of hydrogen-bond donors (Lipinski definition) is 2. The molecule has 2 aromatic heterocycles. The van der Waals surface area contributed by atoms with Gasteiger partial charge in [0.1, 0.15) is 11.3 Å². The lowest BCUT2D eigenvalue weighted by atomic mass is 10.2. The maximum Gasteiger partial charge on any atom is 0.342 e. The number of nitrogens with zero attached hydrogens (tertiary/aromatic N) is 3. The van der Waals surface area contributed by atoms with E-state index in [1.54, 1.807) is 41.2 Å². The molecule has 1 aromatic carbocycles. The van der Waals surface area contributed by atoms with Gasteiger partial charge in [-0.05, 0) is 36.8 Å². The van der Waals surface area contributed by atoms with E-state index < -0.39 is 18.5 Å². The van der Waals surface area contributed by atoms with E-state index in [1.807, 2.05) is 13.0 Å². The Morgan fingerprint density at radius 1 is 1.12 bits per heavy atom. The minimum Gasteiger partial charge on any atom is -0.495 e. The molecule has 0 bridgehead atoms. The van der Waals surface area contributed by atoms with Gasteiger partial charge in [0, 0.05) is 18.8 Å². The van der Waals surface area contributed by atoms with Crippen LogP contribution in [-0.4, -0.2) is 46.3 Å². The summed E-state index contributed by atoms with van der Waals surface area (Å²) in [5.41, 5.74) is 1.70. The molecule has 0 saturated carbocycles. The molecule has 0 fully saturated rings. The Kier molecular flexibility index (Phi) is 7.17. The molecule has 10 heteroatoms. The van der Waals surface area contributed by atoms with E-state index in [0.717, 1.165) is 0 Å². The van der Waals surface area contributed by atoms with Crippen LogP contribution in [0.5, 0.6) is 5.75 Å². The van der Waals surface area contributed by atoms with E-state index in [4.69, 9.17) is 9.47 Å². The number of rotatable bonds is 8. The quantitative estimate of drug-likeness (QED) is 0.519. The third kappa shape index (κ3) is 5.28. The van der Waals surface area contributed by atoms with Gasteiger partial charge in [-0.25, -0.2) is 14.5 Å². The number of carbonyl (C=O) groups is 3. The lowest BCUT2D eigenvalue weighted by Gasteiger charge is -2.12. The van der Waals surface area contributed by atoms with Gasteiger partial charge >= 0.3 is 5.97 Å². The van der Waals surface area contributed by atoms with Crippen LogP contribution < -0.4 is 15.4 Å². The van der Waals surface area contributed by atoms with Crippen LogP contribution in [0, 0.1) is 0 Å². The number of anilines is 2. The smallest absolute Gasteiger partial charge is 0.342 e. The van der Waals surface area contributed by atoms with Gasteiger partial charge in [0.05, 0.1) is 24.7 Å². The summed E-state index contributed by atoms with van der Waals surface area (Å²) < 4.78 is 12.0. The lowest BCUT2D eigenvalue weighted by Crippen LogP contribution is -2.22. The van der Waals surface area contributed by atoms with E-state index in [2.05, 4.69) is 20.7 Å². The minimum atomic E-state index is -0.668. The molecule has 0 aliphatic heterocycles. The Bertz CT molecular complexity index is 1130. The molecular weight excluding hydrogens is 414 g/mol. The SMILES string of the molecule is CCc1c(C(=O)OCC(=O)Nc2cc(NC(C)=O)ccc2OC)cnn1-c1ccccn1. The number of ether oxygens (including phenoxy) is 2. The minimum absolute atomic E-state index is 0.251. The third-order valence-corrected chi connectivity index (χ3v) is 4.42. The highest BCUT2D eigenvalue weighted by Gasteiger charge is 2.20. The predicted octanol–water partition coefficient (Wildman–Crippen LogP) is 2.59. The highest BCUT2D eigenvalue weighted by molar-refractivity contribution is 5.97. The largest absolute Gasteiger partial charge is 0.495 e. The molecule has 0 aliphatic carbocycles. The van der Waals surface area contributed by atoms with Crippen molar-refractivity contribution in [1.29, 1.82) is 0 Å². The van der Waals surface area contributed by atoms with Crippen LogP contribution in [-0.2, 0) is 20.7 Å². The van der Waals surface area contributed by atoms with Crippen LogP contribution in [0.1, 0.15) is 29.9 Å². The average molecular weight is 437 g/mol. The van der Waals surface area contributed by atoms with Crippen molar-refractivity contribution in [3.05, 3.63) is 60.0 Å². The van der Waals surface area contributed by atoms with Crippen molar-refractivity contribution in [2.24, 2.45) is 0 Å². The van der Waals surface area contributed by atoms with Crippen LogP contribution in [0.2, 0.25) is 0 Å². The van der Waals surface area contributed by atoms with Crippen molar-refractivity contribution in [3.63, 3.8) is 0 Å². The number of pyridine rings is 1. The van der Waals surface area contributed by atoms with Crippen LogP contribution in [0.3, 0.4) is 0 Å². The second-order valence-electron chi connectivity index (χ2n) is 6.68. The van der Waals surface area contributed by atoms with Gasteiger partial charge in [-0.2, -0.15) is 5.10 Å². The van der Waals surface area contributed by atoms with E-state index in [9.17, 15) is 14.4 Å². The molecule has 32 heavy (non-hydrogen) atoms. The van der Waals surface area contributed by atoms with Gasteiger partial charge in [0.15, 0.2) is 12.4 Å². The number of amides is 2. The van der Waals surface area contributed by atoms with Crippen molar-refractivity contribution in [2.45, 2.75) is 20.3 Å². The Balaban J connectivity index is 1.68. The number of carbonyl (C=O) groups excluding carboxylic acids is 3. The zero-order chi connectivity index (χ0) is 23.1. The highest BCUT2D eigenvalue weighted by Crippen LogP contribution is 2.28. The molecule has 2 heterocycles. The summed E-state index contributed by atoms with van der Waals surface area (Å²) in [6.45, 7) is 2.75. The molecule has 3 rings (SSSR count). The van der Waals surface area contributed by atoms with Gasteiger partial charge in [0.25, 0.3) is 5.91 Å². The van der Waals surface area contributed by atoms with Gasteiger partial charge in [0.2, 0.25) is 5.91 Å². The fraction of sp³-hybridized carbons (Fsp3) is 0.227. The van der Waals surface area contributed by atoms with Crippen molar-refractivity contribution >= 4 is 29.2 Å². The molecule has 166 valence electrons. The summed E-state index contributed by atoms with van der Waals surface area (Å²) in [7, 11) is 1.45. The van der Waals surface area contributed by atoms with Crippen molar-refractivity contribution in [1.82, 2.24) is 14.8 Å². The third-order valence-electron chi connectivity index (χ3n) is 4.42. The first-order valence-electron chi connectivity index (χ1n) is 9.83. The average Bonchev–Trinajstić information content (AvgIpc) is 3.22. The van der Waals surface area contributed by atoms with Crippen LogP contribution >= 0.6 is 0 Å². The Hall–Kier alpha value is -4.21. The van der Waals surface area contributed by atoms with E-state index in [0.29, 0.717) is 35.1 Å². The summed E-state index contributed by atoms with van der Waals surface area (Å²) in [6, 6.07) is 10.2. The zero-order valence-electron chi connectivity index (χ0n) is 17.9. The topological polar surface area (TPSA) is 124 Å². The number of hydrogen-bond acceptors (Lipinski definition) is 7. The van der Waals surface area contributed by atoms with Crippen LogP contribution in [0.15, 0.2) is 48.8 Å². The van der Waals surface area contributed by atoms with Crippen molar-refractivity contribution in [2.75, 3.05) is 24.4 Å². The number of nitrogens with one attached hydrogen (secondary N) is 2. The van der Waals surface area contributed by atoms with E-state index in [-0.39, 0.29) is 11.5 Å². The second-order valence-corrected chi connectivity index (χ2v) is 6.68. The van der Waals surface area contributed by atoms with Gasteiger partial charge in [-0.15, -0.1) is 0 Å². The number of benzene rings is 1. The highest BCUT2D eigenvalue weighted by atomic mass is 16.5. The van der Waals surface area contributed by atoms with Crippen LogP contribution in [0.4, 0.5) is 11.4 Å². The molecule has 0 radical (unpaired) electrons. The molecule has 10 nitrogen and oxygen atoms in total. The Morgan fingerprint density at radius 2 is 1.94 bits per heavy atom. The van der Waals surface area contributed by atoms with Crippen molar-refractivity contribution < 1.29 is 23.9 Å². The molecule has 2 amide bonds. The second kappa shape index (κ2) is 10.2. The van der Waals surface area contributed by atoms with E-state index in [1.165, 1.54) is 20.2 Å². The molecular formula is C22H23N5O5. The van der Waals surface area contributed by atoms with E-state index >= 15 is 0 Å². The first-order chi connectivity index (χ1) is 15.4. The summed E-state index contributed by atoms with van der Waals surface area (Å²) in [5.74, 6) is -0.514. The predicted molar refractivity (Wildman–Crippen MR) is 117 cm³/mol. The number of aromatic nitrogens is 3. The molecule has 0 atom stereocenters. The van der Waals surface area contributed by atoms with Gasteiger partial charge < -0.3 is 20.1 Å². The molecule has 2 N–H and O–H groups in total. The fourth-order valence-corrected chi connectivity index (χ4v) is 3.04. The van der Waals surface area contributed by atoms with Gasteiger partial charge in [-0.1, -0.05) is 13.0 Å². The summed E-state index contributed by atoms with van der Waals surface area (Å²) in [4.78, 5) is 40.4. The van der Waals surface area contributed by atoms with Crippen molar-refractivity contribution in [3.8, 4) is 11.6 Å². The Morgan fingerprint density at radius 3 is 2.59 bits per heavy atom. The summed E-state index contributed by atoms with van der Waals surface area (Å²) in [5, 5.41) is 9.47. The standard InChI is InChI=1S/C22H23N5O5/c1-4-18-16(12-24-27(18)20-7-5-6-10-23-20)22(30)32-13-21(29)26-17-11-15(25-14(2)28)8-9-19(17)31-3/h5-12H,4,13H2,1-3H3,(H,25,28)(H,26,29). The maximum atomic E-state index is 12.6. The normalized spacial score (nSPS) is 10.3. The van der Waals surface area contributed by atoms with Crippen LogP contribution in [0.25, 0.3) is 5.82 Å². The monoisotopic (exact) mass is 437 g/mol. The molecule has 0 saturated heterocycles. The zero-order valence-corrected chi connectivity index (χ0v) is 17.9. The first kappa shape index (κ1) is 22.5. The Labute approximate surface area is 184 Å². The molecule has 0 aliphatic rings. The van der Waals surface area contributed by atoms with Gasteiger partial charge in [-0.3, -0.25) is 9.59 Å². The summed E-state index contributed by atoms with van der Waals surface area (Å²) in [6.07, 6.45) is 3.54. The summed E-state index contributed by atoms with van der Waals surface area (Å²) >= 11 is 0. The number of methoxy groups -OCH3 is 1. The first-order valence-corrected chi connectivity index (χ1v) is 9.83. The molecule has 0 unspecified atom stereocenters. The maximum absolute atomic E-state index is 12.6. The molecule has 3 aromatic rings.